The highest BCUT2D eigenvalue weighted by Crippen LogP contribution is 2.15. The molecule has 0 saturated heterocycles. The van der Waals surface area contributed by atoms with Crippen molar-refractivity contribution < 1.29 is 0 Å². The molecule has 0 aliphatic heterocycles. The Hall–Kier alpha value is -1.41. The van der Waals surface area contributed by atoms with E-state index in [1.54, 1.807) is 18.6 Å². The first-order valence-corrected chi connectivity index (χ1v) is 5.21. The monoisotopic (exact) mass is 218 g/mol. The van der Waals surface area contributed by atoms with Crippen LogP contribution in [-0.4, -0.2) is 9.97 Å². The minimum absolute atomic E-state index is 0.791. The summed E-state index contributed by atoms with van der Waals surface area (Å²) in [6, 6.07) is 5.86. The Morgan fingerprint density at radius 1 is 0.933 bits per heavy atom. The SMILES string of the molecule is Clc1ccncc1CCc1ccncc1. The van der Waals surface area contributed by atoms with Crippen LogP contribution in [0.15, 0.2) is 43.0 Å². The van der Waals surface area contributed by atoms with Crippen molar-refractivity contribution in [1.29, 1.82) is 0 Å². The first-order chi connectivity index (χ1) is 7.36. The van der Waals surface area contributed by atoms with Crippen molar-refractivity contribution in [2.45, 2.75) is 12.8 Å². The van der Waals surface area contributed by atoms with Crippen LogP contribution < -0.4 is 0 Å². The number of hydrogen-bond acceptors (Lipinski definition) is 2. The van der Waals surface area contributed by atoms with E-state index in [4.69, 9.17) is 11.6 Å². The molecule has 3 heteroatoms. The van der Waals surface area contributed by atoms with E-state index in [-0.39, 0.29) is 0 Å². The average Bonchev–Trinajstić information content (AvgIpc) is 2.29. The topological polar surface area (TPSA) is 25.8 Å². The summed E-state index contributed by atoms with van der Waals surface area (Å²) in [5.74, 6) is 0. The van der Waals surface area contributed by atoms with E-state index in [1.165, 1.54) is 5.56 Å². The Morgan fingerprint density at radius 3 is 2.40 bits per heavy atom. The lowest BCUT2D eigenvalue weighted by Gasteiger charge is -2.02. The van der Waals surface area contributed by atoms with Crippen LogP contribution in [-0.2, 0) is 12.8 Å². The first-order valence-electron chi connectivity index (χ1n) is 4.83. The fourth-order valence-electron chi connectivity index (χ4n) is 1.42. The summed E-state index contributed by atoms with van der Waals surface area (Å²) >= 11 is 6.04. The zero-order valence-electron chi connectivity index (χ0n) is 8.23. The van der Waals surface area contributed by atoms with Crippen LogP contribution >= 0.6 is 11.6 Å². The summed E-state index contributed by atoms with van der Waals surface area (Å²) in [5, 5.41) is 0.791. The summed E-state index contributed by atoms with van der Waals surface area (Å²) in [6.45, 7) is 0. The molecule has 0 fully saturated rings. The molecule has 0 atom stereocenters. The quantitative estimate of drug-likeness (QED) is 0.792. The predicted octanol–water partition coefficient (Wildman–Crippen LogP) is 2.92. The molecule has 2 aromatic heterocycles. The molecule has 0 radical (unpaired) electrons. The van der Waals surface area contributed by atoms with Gasteiger partial charge in [0.15, 0.2) is 0 Å². The van der Waals surface area contributed by atoms with E-state index in [0.717, 1.165) is 23.4 Å². The first kappa shape index (κ1) is 10.1. The Morgan fingerprint density at radius 2 is 1.67 bits per heavy atom. The number of aromatic nitrogens is 2. The smallest absolute Gasteiger partial charge is 0.0468 e. The second-order valence-corrected chi connectivity index (χ2v) is 3.73. The lowest BCUT2D eigenvalue weighted by atomic mass is 10.1. The van der Waals surface area contributed by atoms with Crippen LogP contribution in [0.3, 0.4) is 0 Å². The number of halogens is 1. The van der Waals surface area contributed by atoms with E-state index in [2.05, 4.69) is 9.97 Å². The molecule has 2 rings (SSSR count). The molecule has 0 spiro atoms. The van der Waals surface area contributed by atoms with E-state index in [9.17, 15) is 0 Å². The van der Waals surface area contributed by atoms with Gasteiger partial charge in [-0.15, -0.1) is 0 Å². The van der Waals surface area contributed by atoms with Crippen molar-refractivity contribution in [3.63, 3.8) is 0 Å². The zero-order chi connectivity index (χ0) is 10.5. The normalized spacial score (nSPS) is 10.2. The number of hydrogen-bond donors (Lipinski definition) is 0. The van der Waals surface area contributed by atoms with Gasteiger partial charge in [-0.2, -0.15) is 0 Å². The Bertz CT molecular complexity index is 429. The molecule has 0 aliphatic rings. The fourth-order valence-corrected chi connectivity index (χ4v) is 1.62. The van der Waals surface area contributed by atoms with Crippen LogP contribution in [0.1, 0.15) is 11.1 Å². The van der Waals surface area contributed by atoms with Crippen molar-refractivity contribution >= 4 is 11.6 Å². The summed E-state index contributed by atoms with van der Waals surface area (Å²) in [4.78, 5) is 8.04. The summed E-state index contributed by atoms with van der Waals surface area (Å²) < 4.78 is 0. The summed E-state index contributed by atoms with van der Waals surface area (Å²) in [7, 11) is 0. The molecule has 0 amide bonds. The standard InChI is InChI=1S/C12H11ClN2/c13-12-5-8-15-9-11(12)2-1-10-3-6-14-7-4-10/h3-9H,1-2H2. The van der Waals surface area contributed by atoms with Gasteiger partial charge in [0.1, 0.15) is 0 Å². The zero-order valence-corrected chi connectivity index (χ0v) is 8.98. The largest absolute Gasteiger partial charge is 0.265 e. The Balaban J connectivity index is 2.03. The van der Waals surface area contributed by atoms with Gasteiger partial charge in [0.2, 0.25) is 0 Å². The third-order valence-corrected chi connectivity index (χ3v) is 2.65. The van der Waals surface area contributed by atoms with Crippen molar-refractivity contribution in [1.82, 2.24) is 9.97 Å². The van der Waals surface area contributed by atoms with Crippen LogP contribution in [0.5, 0.6) is 0 Å². The van der Waals surface area contributed by atoms with E-state index < -0.39 is 0 Å². The number of aryl methyl sites for hydroxylation is 2. The van der Waals surface area contributed by atoms with Gasteiger partial charge in [-0.1, -0.05) is 11.6 Å². The third kappa shape index (κ3) is 2.77. The van der Waals surface area contributed by atoms with Crippen LogP contribution in [0, 0.1) is 0 Å². The van der Waals surface area contributed by atoms with E-state index in [0.29, 0.717) is 0 Å². The van der Waals surface area contributed by atoms with Crippen LogP contribution in [0.4, 0.5) is 0 Å². The summed E-state index contributed by atoms with van der Waals surface area (Å²) in [5.41, 5.74) is 2.36. The molecular weight excluding hydrogens is 208 g/mol. The second kappa shape index (κ2) is 4.89. The van der Waals surface area contributed by atoms with Crippen molar-refractivity contribution in [2.24, 2.45) is 0 Å². The Kier molecular flexibility index (Phi) is 3.30. The molecule has 2 aromatic rings. The van der Waals surface area contributed by atoms with Gasteiger partial charge >= 0.3 is 0 Å². The Labute approximate surface area is 94.0 Å². The van der Waals surface area contributed by atoms with Gasteiger partial charge in [0.05, 0.1) is 0 Å². The van der Waals surface area contributed by atoms with Crippen molar-refractivity contribution in [2.75, 3.05) is 0 Å². The maximum Gasteiger partial charge on any atom is 0.0468 e. The van der Waals surface area contributed by atoms with Crippen molar-refractivity contribution in [3.05, 3.63) is 59.1 Å². The second-order valence-electron chi connectivity index (χ2n) is 3.32. The molecule has 0 N–H and O–H groups in total. The molecule has 2 heterocycles. The fraction of sp³-hybridized carbons (Fsp3) is 0.167. The van der Waals surface area contributed by atoms with Gasteiger partial charge in [-0.3, -0.25) is 9.97 Å². The number of rotatable bonds is 3. The lowest BCUT2D eigenvalue weighted by Crippen LogP contribution is -1.93. The lowest BCUT2D eigenvalue weighted by molar-refractivity contribution is 0.946. The maximum absolute atomic E-state index is 6.04. The minimum atomic E-state index is 0.791. The molecule has 0 aliphatic carbocycles. The predicted molar refractivity (Wildman–Crippen MR) is 60.9 cm³/mol. The molecule has 0 unspecified atom stereocenters. The average molecular weight is 219 g/mol. The number of nitrogens with zero attached hydrogens (tertiary/aromatic N) is 2. The number of pyridine rings is 2. The van der Waals surface area contributed by atoms with Crippen LogP contribution in [0.25, 0.3) is 0 Å². The highest BCUT2D eigenvalue weighted by molar-refractivity contribution is 6.31. The molecule has 15 heavy (non-hydrogen) atoms. The van der Waals surface area contributed by atoms with Gasteiger partial charge in [0, 0.05) is 29.8 Å². The molecule has 2 nitrogen and oxygen atoms in total. The van der Waals surface area contributed by atoms with Crippen LogP contribution in [0.2, 0.25) is 5.02 Å². The van der Waals surface area contributed by atoms with Gasteiger partial charge in [-0.05, 0) is 42.2 Å². The van der Waals surface area contributed by atoms with Gasteiger partial charge in [0.25, 0.3) is 0 Å². The van der Waals surface area contributed by atoms with Gasteiger partial charge in [-0.25, -0.2) is 0 Å². The molecular formula is C12H11ClN2. The van der Waals surface area contributed by atoms with E-state index >= 15 is 0 Å². The summed E-state index contributed by atoms with van der Waals surface area (Å²) in [6.07, 6.45) is 9.02. The molecule has 76 valence electrons. The minimum Gasteiger partial charge on any atom is -0.265 e. The third-order valence-electron chi connectivity index (χ3n) is 2.28. The molecule has 0 bridgehead atoms. The highest BCUT2D eigenvalue weighted by atomic mass is 35.5. The van der Waals surface area contributed by atoms with E-state index in [1.807, 2.05) is 24.4 Å². The van der Waals surface area contributed by atoms with Crippen molar-refractivity contribution in [3.8, 4) is 0 Å². The van der Waals surface area contributed by atoms with Gasteiger partial charge < -0.3 is 0 Å². The maximum atomic E-state index is 6.04. The molecule has 0 aromatic carbocycles. The highest BCUT2D eigenvalue weighted by Gasteiger charge is 2.00. The molecule has 0 saturated carbocycles.